The first kappa shape index (κ1) is 11.7. The van der Waals surface area contributed by atoms with Crippen molar-refractivity contribution in [3.63, 3.8) is 0 Å². The second kappa shape index (κ2) is 5.05. The summed E-state index contributed by atoms with van der Waals surface area (Å²) >= 11 is 6.68. The fourth-order valence-corrected chi connectivity index (χ4v) is 2.43. The van der Waals surface area contributed by atoms with Crippen molar-refractivity contribution in [2.24, 2.45) is 0 Å². The zero-order valence-corrected chi connectivity index (χ0v) is 11.9. The molecular formula is C10H10Br2N4. The van der Waals surface area contributed by atoms with Crippen LogP contribution in [0.5, 0.6) is 0 Å². The molecule has 0 saturated heterocycles. The minimum atomic E-state index is 0.670. The molecule has 84 valence electrons. The van der Waals surface area contributed by atoms with E-state index < -0.39 is 0 Å². The molecule has 0 bridgehead atoms. The van der Waals surface area contributed by atoms with Crippen molar-refractivity contribution in [2.75, 3.05) is 0 Å². The summed E-state index contributed by atoms with van der Waals surface area (Å²) in [5, 5.41) is 4.25. The molecule has 0 spiro atoms. The number of hydrogen-bond donors (Lipinski definition) is 0. The highest BCUT2D eigenvalue weighted by Gasteiger charge is 2.06. The van der Waals surface area contributed by atoms with Gasteiger partial charge in [0.2, 0.25) is 0 Å². The van der Waals surface area contributed by atoms with Crippen LogP contribution in [0.25, 0.3) is 11.4 Å². The van der Waals surface area contributed by atoms with Gasteiger partial charge in [0.25, 0.3) is 0 Å². The molecular weight excluding hydrogens is 336 g/mol. The Bertz CT molecular complexity index is 475. The number of aromatic nitrogens is 4. The van der Waals surface area contributed by atoms with Crippen LogP contribution in [0.4, 0.5) is 0 Å². The molecule has 0 saturated carbocycles. The fourth-order valence-electron chi connectivity index (χ4n) is 1.35. The SMILES string of the molecule is CCCn1cc(-c2nc(Br)cc(Br)n2)cn1. The number of aryl methyl sites for hydroxylation is 1. The molecule has 2 aromatic heterocycles. The van der Waals surface area contributed by atoms with Crippen LogP contribution in [0.2, 0.25) is 0 Å². The van der Waals surface area contributed by atoms with E-state index >= 15 is 0 Å². The van der Waals surface area contributed by atoms with Crippen LogP contribution in [-0.4, -0.2) is 19.7 Å². The van der Waals surface area contributed by atoms with Crippen molar-refractivity contribution in [3.8, 4) is 11.4 Å². The minimum Gasteiger partial charge on any atom is -0.272 e. The van der Waals surface area contributed by atoms with Crippen LogP contribution < -0.4 is 0 Å². The molecule has 4 nitrogen and oxygen atoms in total. The van der Waals surface area contributed by atoms with Crippen LogP contribution in [0.3, 0.4) is 0 Å². The zero-order valence-electron chi connectivity index (χ0n) is 8.69. The van der Waals surface area contributed by atoms with Gasteiger partial charge in [0.05, 0.1) is 11.8 Å². The van der Waals surface area contributed by atoms with E-state index in [-0.39, 0.29) is 0 Å². The van der Waals surface area contributed by atoms with Gasteiger partial charge in [0.15, 0.2) is 5.82 Å². The van der Waals surface area contributed by atoms with Crippen molar-refractivity contribution < 1.29 is 0 Å². The molecule has 2 aromatic rings. The van der Waals surface area contributed by atoms with Crippen LogP contribution in [0.15, 0.2) is 27.7 Å². The summed E-state index contributed by atoms with van der Waals surface area (Å²) in [4.78, 5) is 8.60. The summed E-state index contributed by atoms with van der Waals surface area (Å²) in [5.41, 5.74) is 0.926. The lowest BCUT2D eigenvalue weighted by Gasteiger charge is -1.98. The molecule has 0 aliphatic rings. The number of hydrogen-bond acceptors (Lipinski definition) is 3. The highest BCUT2D eigenvalue weighted by Crippen LogP contribution is 2.20. The van der Waals surface area contributed by atoms with E-state index in [4.69, 9.17) is 0 Å². The topological polar surface area (TPSA) is 43.6 Å². The van der Waals surface area contributed by atoms with E-state index in [1.807, 2.05) is 10.9 Å². The monoisotopic (exact) mass is 344 g/mol. The van der Waals surface area contributed by atoms with E-state index in [9.17, 15) is 0 Å². The first-order valence-corrected chi connectivity index (χ1v) is 6.50. The summed E-state index contributed by atoms with van der Waals surface area (Å²) in [6.07, 6.45) is 4.80. The molecule has 0 aliphatic carbocycles. The molecule has 0 radical (unpaired) electrons. The van der Waals surface area contributed by atoms with Gasteiger partial charge < -0.3 is 0 Å². The Morgan fingerprint density at radius 3 is 2.56 bits per heavy atom. The van der Waals surface area contributed by atoms with Crippen molar-refractivity contribution in [1.29, 1.82) is 0 Å². The highest BCUT2D eigenvalue weighted by atomic mass is 79.9. The fraction of sp³-hybridized carbons (Fsp3) is 0.300. The van der Waals surface area contributed by atoms with E-state index in [0.717, 1.165) is 27.7 Å². The van der Waals surface area contributed by atoms with Crippen LogP contribution in [-0.2, 0) is 6.54 Å². The molecule has 0 atom stereocenters. The molecule has 16 heavy (non-hydrogen) atoms. The average Bonchev–Trinajstić information content (AvgIpc) is 2.65. The maximum atomic E-state index is 4.30. The molecule has 0 N–H and O–H groups in total. The Balaban J connectivity index is 2.34. The molecule has 6 heteroatoms. The Hall–Kier alpha value is -0.750. The first-order valence-electron chi connectivity index (χ1n) is 4.92. The molecule has 0 amide bonds. The van der Waals surface area contributed by atoms with Gasteiger partial charge in [-0.05, 0) is 38.3 Å². The Kier molecular flexibility index (Phi) is 3.70. The Morgan fingerprint density at radius 2 is 1.94 bits per heavy atom. The van der Waals surface area contributed by atoms with Crippen LogP contribution >= 0.6 is 31.9 Å². The van der Waals surface area contributed by atoms with Gasteiger partial charge in [-0.15, -0.1) is 0 Å². The lowest BCUT2D eigenvalue weighted by Crippen LogP contribution is -1.95. The van der Waals surface area contributed by atoms with Gasteiger partial charge >= 0.3 is 0 Å². The first-order chi connectivity index (χ1) is 7.69. The van der Waals surface area contributed by atoms with E-state index in [2.05, 4.69) is 53.9 Å². The number of rotatable bonds is 3. The van der Waals surface area contributed by atoms with Gasteiger partial charge in [-0.1, -0.05) is 6.92 Å². The van der Waals surface area contributed by atoms with Crippen molar-refractivity contribution in [3.05, 3.63) is 27.7 Å². The third-order valence-corrected chi connectivity index (χ3v) is 2.82. The normalized spacial score (nSPS) is 10.7. The summed E-state index contributed by atoms with van der Waals surface area (Å²) in [7, 11) is 0. The zero-order chi connectivity index (χ0) is 11.5. The molecule has 0 unspecified atom stereocenters. The van der Waals surface area contributed by atoms with Gasteiger partial charge in [0.1, 0.15) is 9.21 Å². The second-order valence-corrected chi connectivity index (χ2v) is 4.95. The summed E-state index contributed by atoms with van der Waals surface area (Å²) in [6, 6.07) is 1.81. The largest absolute Gasteiger partial charge is 0.272 e. The average molecular weight is 346 g/mol. The third-order valence-electron chi connectivity index (χ3n) is 2.01. The smallest absolute Gasteiger partial charge is 0.164 e. The summed E-state index contributed by atoms with van der Waals surface area (Å²) in [5.74, 6) is 0.670. The van der Waals surface area contributed by atoms with Gasteiger partial charge in [-0.2, -0.15) is 5.10 Å². The highest BCUT2D eigenvalue weighted by molar-refractivity contribution is 9.11. The maximum Gasteiger partial charge on any atom is 0.164 e. The Labute approximate surface area is 110 Å². The molecule has 0 fully saturated rings. The predicted molar refractivity (Wildman–Crippen MR) is 68.9 cm³/mol. The summed E-state index contributed by atoms with van der Waals surface area (Å²) in [6.45, 7) is 3.03. The quantitative estimate of drug-likeness (QED) is 0.802. The maximum absolute atomic E-state index is 4.30. The predicted octanol–water partition coefficient (Wildman–Crippen LogP) is 3.28. The van der Waals surface area contributed by atoms with Gasteiger partial charge in [0, 0.05) is 18.8 Å². The Morgan fingerprint density at radius 1 is 1.25 bits per heavy atom. The lowest BCUT2D eigenvalue weighted by molar-refractivity contribution is 0.603. The molecule has 0 aliphatic heterocycles. The van der Waals surface area contributed by atoms with Crippen molar-refractivity contribution in [2.45, 2.75) is 19.9 Å². The standard InChI is InChI=1S/C10H10Br2N4/c1-2-3-16-6-7(5-13-16)10-14-8(11)4-9(12)15-10/h4-6H,2-3H2,1H3. The van der Waals surface area contributed by atoms with E-state index in [1.54, 1.807) is 12.3 Å². The summed E-state index contributed by atoms with van der Waals surface area (Å²) < 4.78 is 3.41. The van der Waals surface area contributed by atoms with Gasteiger partial charge in [-0.3, -0.25) is 4.68 Å². The molecule has 2 heterocycles. The lowest BCUT2D eigenvalue weighted by atomic mass is 10.3. The van der Waals surface area contributed by atoms with Crippen LogP contribution in [0, 0.1) is 0 Å². The van der Waals surface area contributed by atoms with Gasteiger partial charge in [-0.25, -0.2) is 9.97 Å². The molecule has 2 rings (SSSR count). The van der Waals surface area contributed by atoms with Crippen molar-refractivity contribution in [1.82, 2.24) is 19.7 Å². The van der Waals surface area contributed by atoms with Crippen molar-refractivity contribution >= 4 is 31.9 Å². The molecule has 0 aromatic carbocycles. The van der Waals surface area contributed by atoms with E-state index in [0.29, 0.717) is 5.82 Å². The minimum absolute atomic E-state index is 0.670. The van der Waals surface area contributed by atoms with Crippen LogP contribution in [0.1, 0.15) is 13.3 Å². The third kappa shape index (κ3) is 2.68. The number of halogens is 2. The van der Waals surface area contributed by atoms with E-state index in [1.165, 1.54) is 0 Å². The number of nitrogens with zero attached hydrogens (tertiary/aromatic N) is 4. The second-order valence-electron chi connectivity index (χ2n) is 3.33.